The molecule has 1 amide bonds. The zero-order valence-electron chi connectivity index (χ0n) is 14.4. The molecule has 2 aromatic rings. The van der Waals surface area contributed by atoms with Crippen molar-refractivity contribution < 1.29 is 9.59 Å². The monoisotopic (exact) mass is 323 g/mol. The van der Waals surface area contributed by atoms with Gasteiger partial charge in [-0.15, -0.1) is 0 Å². The Morgan fingerprint density at radius 1 is 0.958 bits per heavy atom. The molecule has 2 rings (SSSR count). The molecule has 2 aromatic carbocycles. The van der Waals surface area contributed by atoms with Gasteiger partial charge in [-0.3, -0.25) is 9.59 Å². The average molecular weight is 323 g/mol. The van der Waals surface area contributed by atoms with Crippen molar-refractivity contribution in [2.45, 2.75) is 45.6 Å². The largest absolute Gasteiger partial charge is 0.350 e. The molecular weight excluding hydrogens is 298 g/mol. The van der Waals surface area contributed by atoms with Crippen molar-refractivity contribution in [3.05, 3.63) is 71.3 Å². The number of ketones is 1. The quantitative estimate of drug-likeness (QED) is 0.728. The zero-order valence-corrected chi connectivity index (χ0v) is 14.4. The van der Waals surface area contributed by atoms with E-state index in [0.29, 0.717) is 24.8 Å². The van der Waals surface area contributed by atoms with Crippen molar-refractivity contribution in [3.63, 3.8) is 0 Å². The van der Waals surface area contributed by atoms with Gasteiger partial charge >= 0.3 is 0 Å². The highest BCUT2D eigenvalue weighted by Gasteiger charge is 2.11. The second-order valence-electron chi connectivity index (χ2n) is 6.03. The molecule has 1 unspecified atom stereocenters. The highest BCUT2D eigenvalue weighted by molar-refractivity contribution is 5.96. The van der Waals surface area contributed by atoms with Gasteiger partial charge < -0.3 is 5.32 Å². The van der Waals surface area contributed by atoms with Gasteiger partial charge in [-0.05, 0) is 30.9 Å². The molecular formula is C21H25NO2. The van der Waals surface area contributed by atoms with E-state index in [0.717, 1.165) is 12.0 Å². The van der Waals surface area contributed by atoms with E-state index in [9.17, 15) is 9.59 Å². The minimum Gasteiger partial charge on any atom is -0.350 e. The Morgan fingerprint density at radius 3 is 2.25 bits per heavy atom. The van der Waals surface area contributed by atoms with Crippen LogP contribution in [0.3, 0.4) is 0 Å². The lowest BCUT2D eigenvalue weighted by Crippen LogP contribution is -2.26. The number of nitrogens with one attached hydrogen (secondary N) is 1. The predicted molar refractivity (Wildman–Crippen MR) is 97.0 cm³/mol. The van der Waals surface area contributed by atoms with Crippen LogP contribution in [-0.2, 0) is 11.2 Å². The van der Waals surface area contributed by atoms with Crippen molar-refractivity contribution in [1.29, 1.82) is 0 Å². The van der Waals surface area contributed by atoms with Crippen molar-refractivity contribution in [2.24, 2.45) is 0 Å². The van der Waals surface area contributed by atoms with Crippen molar-refractivity contribution >= 4 is 11.7 Å². The van der Waals surface area contributed by atoms with Crippen LogP contribution in [0.5, 0.6) is 0 Å². The third-order valence-corrected chi connectivity index (χ3v) is 4.17. The summed E-state index contributed by atoms with van der Waals surface area (Å²) in [7, 11) is 0. The summed E-state index contributed by atoms with van der Waals surface area (Å²) in [6, 6.07) is 17.5. The average Bonchev–Trinajstić information content (AvgIpc) is 2.62. The van der Waals surface area contributed by atoms with Crippen LogP contribution in [0, 0.1) is 0 Å². The molecule has 0 fully saturated rings. The van der Waals surface area contributed by atoms with E-state index in [1.165, 1.54) is 5.56 Å². The number of amides is 1. The van der Waals surface area contributed by atoms with E-state index in [-0.39, 0.29) is 17.7 Å². The molecule has 24 heavy (non-hydrogen) atoms. The topological polar surface area (TPSA) is 46.2 Å². The van der Waals surface area contributed by atoms with E-state index in [2.05, 4.69) is 36.5 Å². The Labute approximate surface area is 144 Å². The van der Waals surface area contributed by atoms with Gasteiger partial charge in [-0.25, -0.2) is 0 Å². The molecule has 0 aliphatic heterocycles. The molecule has 0 aliphatic carbocycles. The van der Waals surface area contributed by atoms with Crippen LogP contribution in [-0.4, -0.2) is 11.7 Å². The normalized spacial score (nSPS) is 11.8. The molecule has 0 spiro atoms. The summed E-state index contributed by atoms with van der Waals surface area (Å²) in [5.74, 6) is 0.0783. The van der Waals surface area contributed by atoms with Crippen molar-refractivity contribution in [1.82, 2.24) is 5.32 Å². The molecule has 0 aliphatic rings. The molecule has 126 valence electrons. The smallest absolute Gasteiger partial charge is 0.220 e. The molecule has 0 saturated heterocycles. The Morgan fingerprint density at radius 2 is 1.62 bits per heavy atom. The maximum Gasteiger partial charge on any atom is 0.220 e. The summed E-state index contributed by atoms with van der Waals surface area (Å²) in [6.45, 7) is 4.10. The third kappa shape index (κ3) is 5.34. The minimum atomic E-state index is -0.0202. The van der Waals surface area contributed by atoms with Gasteiger partial charge in [0.05, 0.1) is 6.04 Å². The molecule has 1 atom stereocenters. The first-order chi connectivity index (χ1) is 11.6. The number of Topliss-reactive ketones (excluding diaryl/α,β-unsaturated/α-hetero) is 1. The van der Waals surface area contributed by atoms with Crippen LogP contribution in [0.2, 0.25) is 0 Å². The van der Waals surface area contributed by atoms with Gasteiger partial charge in [0.1, 0.15) is 0 Å². The lowest BCUT2D eigenvalue weighted by molar-refractivity contribution is -0.121. The summed E-state index contributed by atoms with van der Waals surface area (Å²) in [4.78, 5) is 24.0. The molecule has 0 radical (unpaired) electrons. The Kier molecular flexibility index (Phi) is 6.74. The maximum absolute atomic E-state index is 12.0. The number of benzene rings is 2. The highest BCUT2D eigenvalue weighted by Crippen LogP contribution is 2.14. The van der Waals surface area contributed by atoms with Crippen molar-refractivity contribution in [2.75, 3.05) is 0 Å². The summed E-state index contributed by atoms with van der Waals surface area (Å²) in [6.07, 6.45) is 2.35. The van der Waals surface area contributed by atoms with E-state index >= 15 is 0 Å². The summed E-state index contributed by atoms with van der Waals surface area (Å²) in [5, 5.41) is 3.00. The second-order valence-corrected chi connectivity index (χ2v) is 6.03. The van der Waals surface area contributed by atoms with Crippen molar-refractivity contribution in [3.8, 4) is 0 Å². The summed E-state index contributed by atoms with van der Waals surface area (Å²) in [5.41, 5.74) is 3.10. The summed E-state index contributed by atoms with van der Waals surface area (Å²) < 4.78 is 0. The van der Waals surface area contributed by atoms with Crippen LogP contribution in [0.1, 0.15) is 60.6 Å². The van der Waals surface area contributed by atoms with E-state index < -0.39 is 0 Å². The van der Waals surface area contributed by atoms with E-state index in [4.69, 9.17) is 0 Å². The number of carbonyl (C=O) groups excluding carboxylic acids is 2. The van der Waals surface area contributed by atoms with Crippen LogP contribution in [0.25, 0.3) is 0 Å². The van der Waals surface area contributed by atoms with Gasteiger partial charge in [-0.2, -0.15) is 0 Å². The highest BCUT2D eigenvalue weighted by atomic mass is 16.1. The SMILES string of the molecule is CCc1ccc(C(C)NC(=O)CCCC(=O)c2ccccc2)cc1. The zero-order chi connectivity index (χ0) is 17.4. The fourth-order valence-electron chi connectivity index (χ4n) is 2.62. The first-order valence-corrected chi connectivity index (χ1v) is 8.56. The van der Waals surface area contributed by atoms with Crippen LogP contribution >= 0.6 is 0 Å². The van der Waals surface area contributed by atoms with Gasteiger partial charge in [0.2, 0.25) is 5.91 Å². The number of aryl methyl sites for hydroxylation is 1. The molecule has 3 nitrogen and oxygen atoms in total. The van der Waals surface area contributed by atoms with Gasteiger partial charge in [0.15, 0.2) is 5.78 Å². The number of hydrogen-bond donors (Lipinski definition) is 1. The number of hydrogen-bond acceptors (Lipinski definition) is 2. The molecule has 3 heteroatoms. The number of carbonyl (C=O) groups is 2. The van der Waals surface area contributed by atoms with E-state index in [1.54, 1.807) is 0 Å². The summed E-state index contributed by atoms with van der Waals surface area (Å²) >= 11 is 0. The molecule has 0 saturated carbocycles. The Bertz CT molecular complexity index is 662. The Balaban J connectivity index is 1.75. The molecule has 0 heterocycles. The van der Waals surface area contributed by atoms with E-state index in [1.807, 2.05) is 37.3 Å². The fraction of sp³-hybridized carbons (Fsp3) is 0.333. The Hall–Kier alpha value is -2.42. The van der Waals surface area contributed by atoms with Crippen LogP contribution in [0.15, 0.2) is 54.6 Å². The van der Waals surface area contributed by atoms with Crippen LogP contribution in [0.4, 0.5) is 0 Å². The lowest BCUT2D eigenvalue weighted by atomic mass is 10.0. The number of rotatable bonds is 8. The fourth-order valence-corrected chi connectivity index (χ4v) is 2.62. The minimum absolute atomic E-state index is 0.0112. The second kappa shape index (κ2) is 9.02. The standard InChI is InChI=1S/C21H25NO2/c1-3-17-12-14-18(15-13-17)16(2)22-21(24)11-7-10-20(23)19-8-5-4-6-9-19/h4-6,8-9,12-16H,3,7,10-11H2,1-2H3,(H,22,24). The maximum atomic E-state index is 12.0. The molecule has 0 bridgehead atoms. The molecule has 0 aromatic heterocycles. The lowest BCUT2D eigenvalue weighted by Gasteiger charge is -2.14. The predicted octanol–water partition coefficient (Wildman–Crippen LogP) is 4.48. The van der Waals surface area contributed by atoms with Gasteiger partial charge in [0, 0.05) is 18.4 Å². The first-order valence-electron chi connectivity index (χ1n) is 8.56. The van der Waals surface area contributed by atoms with Gasteiger partial charge in [-0.1, -0.05) is 61.5 Å². The van der Waals surface area contributed by atoms with Crippen LogP contribution < -0.4 is 5.32 Å². The third-order valence-electron chi connectivity index (χ3n) is 4.17. The first kappa shape index (κ1) is 17.9. The van der Waals surface area contributed by atoms with Gasteiger partial charge in [0.25, 0.3) is 0 Å². The molecule has 1 N–H and O–H groups in total.